The van der Waals surface area contributed by atoms with Crippen molar-refractivity contribution in [2.45, 2.75) is 37.1 Å². The molecule has 0 aromatic heterocycles. The number of nitrogens with two attached hydrogens (primary N) is 1. The van der Waals surface area contributed by atoms with Crippen LogP contribution in [0.15, 0.2) is 29.2 Å². The fourth-order valence-electron chi connectivity index (χ4n) is 2.76. The summed E-state index contributed by atoms with van der Waals surface area (Å²) in [5, 5.41) is 2.66. The van der Waals surface area contributed by atoms with Crippen molar-refractivity contribution in [2.75, 3.05) is 19.6 Å². The Morgan fingerprint density at radius 2 is 1.92 bits per heavy atom. The van der Waals surface area contributed by atoms with Crippen LogP contribution in [0.2, 0.25) is 0 Å². The number of ketones is 1. The van der Waals surface area contributed by atoms with Crippen molar-refractivity contribution >= 4 is 21.7 Å². The number of carbonyl (C=O) groups is 2. The largest absolute Gasteiger partial charge is 0.353 e. The lowest BCUT2D eigenvalue weighted by Gasteiger charge is -2.33. The van der Waals surface area contributed by atoms with E-state index in [2.05, 4.69) is 5.32 Å². The van der Waals surface area contributed by atoms with Crippen LogP contribution < -0.4 is 11.1 Å². The highest BCUT2D eigenvalue weighted by Gasteiger charge is 2.37. The minimum atomic E-state index is -3.79. The third-order valence-electron chi connectivity index (χ3n) is 4.07. The predicted octanol–water partition coefficient (Wildman–Crippen LogP) is 0.507. The summed E-state index contributed by atoms with van der Waals surface area (Å²) >= 11 is 0. The topological polar surface area (TPSA) is 110 Å². The van der Waals surface area contributed by atoms with E-state index in [4.69, 9.17) is 5.73 Å². The minimum absolute atomic E-state index is 0.0889. The Labute approximate surface area is 142 Å². The van der Waals surface area contributed by atoms with Crippen molar-refractivity contribution in [1.82, 2.24) is 9.62 Å². The number of benzene rings is 1. The van der Waals surface area contributed by atoms with Gasteiger partial charge >= 0.3 is 0 Å². The quantitative estimate of drug-likeness (QED) is 0.724. The van der Waals surface area contributed by atoms with Gasteiger partial charge in [0.05, 0.1) is 4.90 Å². The second-order valence-electron chi connectivity index (χ2n) is 5.79. The normalized spacial score (nSPS) is 19.0. The number of piperidine rings is 1. The van der Waals surface area contributed by atoms with Crippen LogP contribution in [0.5, 0.6) is 0 Å². The summed E-state index contributed by atoms with van der Waals surface area (Å²) < 4.78 is 27.0. The average molecular weight is 353 g/mol. The summed E-state index contributed by atoms with van der Waals surface area (Å²) in [6.45, 7) is 2.34. The molecule has 1 unspecified atom stereocenters. The summed E-state index contributed by atoms with van der Waals surface area (Å²) in [7, 11) is -3.79. The van der Waals surface area contributed by atoms with Gasteiger partial charge in [0.15, 0.2) is 5.78 Å². The third kappa shape index (κ3) is 4.00. The summed E-state index contributed by atoms with van der Waals surface area (Å²) in [6, 6.07) is 5.08. The Bertz CT molecular complexity index is 701. The van der Waals surface area contributed by atoms with E-state index in [9.17, 15) is 18.0 Å². The molecule has 0 saturated carbocycles. The van der Waals surface area contributed by atoms with Crippen LogP contribution in [-0.4, -0.2) is 50.1 Å². The monoisotopic (exact) mass is 353 g/mol. The second kappa shape index (κ2) is 7.87. The molecular weight excluding hydrogens is 330 g/mol. The summed E-state index contributed by atoms with van der Waals surface area (Å²) in [5.74, 6) is -0.444. The Hall–Kier alpha value is -1.77. The summed E-state index contributed by atoms with van der Waals surface area (Å²) in [6.07, 6.45) is 2.00. The van der Waals surface area contributed by atoms with Gasteiger partial charge in [-0.05, 0) is 31.9 Å². The van der Waals surface area contributed by atoms with Crippen molar-refractivity contribution in [1.29, 1.82) is 0 Å². The van der Waals surface area contributed by atoms with E-state index in [1.165, 1.54) is 35.5 Å². The van der Waals surface area contributed by atoms with E-state index in [1.807, 2.05) is 0 Å². The van der Waals surface area contributed by atoms with Crippen LogP contribution in [0.4, 0.5) is 0 Å². The van der Waals surface area contributed by atoms with Crippen molar-refractivity contribution in [3.8, 4) is 0 Å². The van der Waals surface area contributed by atoms with E-state index in [1.54, 1.807) is 0 Å². The number of carbonyl (C=O) groups excluding carboxylic acids is 2. The lowest BCUT2D eigenvalue weighted by molar-refractivity contribution is -0.125. The van der Waals surface area contributed by atoms with E-state index >= 15 is 0 Å². The number of nitrogens with one attached hydrogen (secondary N) is 1. The molecule has 1 fully saturated rings. The zero-order valence-corrected chi connectivity index (χ0v) is 14.5. The molecule has 0 radical (unpaired) electrons. The Morgan fingerprint density at radius 3 is 2.50 bits per heavy atom. The number of hydrogen-bond donors (Lipinski definition) is 2. The molecule has 1 atom stereocenters. The molecule has 132 valence electrons. The number of amides is 1. The smallest absolute Gasteiger partial charge is 0.243 e. The molecule has 2 rings (SSSR count). The Morgan fingerprint density at radius 1 is 1.25 bits per heavy atom. The molecule has 7 nitrogen and oxygen atoms in total. The fraction of sp³-hybridized carbons (Fsp3) is 0.500. The maximum atomic E-state index is 12.9. The lowest BCUT2D eigenvalue weighted by atomic mass is 10.0. The highest BCUT2D eigenvalue weighted by atomic mass is 32.2. The molecule has 1 saturated heterocycles. The molecule has 8 heteroatoms. The SMILES string of the molecule is CC(=O)c1ccc(S(=O)(=O)N2CCCCC2C(=O)NCCN)cc1. The van der Waals surface area contributed by atoms with Gasteiger partial charge in [-0.1, -0.05) is 18.6 Å². The molecule has 0 aliphatic carbocycles. The molecule has 1 aliphatic heterocycles. The van der Waals surface area contributed by atoms with Crippen LogP contribution in [0.25, 0.3) is 0 Å². The highest BCUT2D eigenvalue weighted by Crippen LogP contribution is 2.25. The molecule has 3 N–H and O–H groups in total. The Kier molecular flexibility index (Phi) is 6.09. The molecule has 1 heterocycles. The first kappa shape index (κ1) is 18.6. The fourth-order valence-corrected chi connectivity index (χ4v) is 4.42. The Balaban J connectivity index is 2.27. The van der Waals surface area contributed by atoms with Crippen LogP contribution in [0.1, 0.15) is 36.5 Å². The average Bonchev–Trinajstić information content (AvgIpc) is 2.59. The van der Waals surface area contributed by atoms with Gasteiger partial charge < -0.3 is 11.1 Å². The van der Waals surface area contributed by atoms with Crippen LogP contribution in [0, 0.1) is 0 Å². The van der Waals surface area contributed by atoms with Gasteiger partial charge in [0.1, 0.15) is 6.04 Å². The van der Waals surface area contributed by atoms with E-state index in [0.29, 0.717) is 38.0 Å². The first-order chi connectivity index (χ1) is 11.4. The molecule has 0 spiro atoms. The van der Waals surface area contributed by atoms with Gasteiger partial charge in [0, 0.05) is 25.2 Å². The maximum absolute atomic E-state index is 12.9. The number of nitrogens with zero attached hydrogens (tertiary/aromatic N) is 1. The van der Waals surface area contributed by atoms with Crippen molar-refractivity contribution in [2.24, 2.45) is 5.73 Å². The number of rotatable bonds is 6. The molecule has 1 amide bonds. The first-order valence-electron chi connectivity index (χ1n) is 7.98. The standard InChI is InChI=1S/C16H23N3O4S/c1-12(20)13-5-7-14(8-6-13)24(22,23)19-11-3-2-4-15(19)16(21)18-10-9-17/h5-8,15H,2-4,9-11,17H2,1H3,(H,18,21). The molecule has 1 aromatic carbocycles. The zero-order valence-electron chi connectivity index (χ0n) is 13.7. The van der Waals surface area contributed by atoms with Crippen LogP contribution >= 0.6 is 0 Å². The maximum Gasteiger partial charge on any atom is 0.243 e. The lowest BCUT2D eigenvalue weighted by Crippen LogP contribution is -2.52. The first-order valence-corrected chi connectivity index (χ1v) is 9.42. The second-order valence-corrected chi connectivity index (χ2v) is 7.68. The van der Waals surface area contributed by atoms with E-state index in [0.717, 1.165) is 6.42 Å². The van der Waals surface area contributed by atoms with Gasteiger partial charge in [-0.25, -0.2) is 8.42 Å². The van der Waals surface area contributed by atoms with Crippen LogP contribution in [0.3, 0.4) is 0 Å². The third-order valence-corrected chi connectivity index (χ3v) is 5.99. The minimum Gasteiger partial charge on any atom is -0.353 e. The van der Waals surface area contributed by atoms with Gasteiger partial charge in [-0.2, -0.15) is 4.31 Å². The van der Waals surface area contributed by atoms with Crippen molar-refractivity contribution in [3.05, 3.63) is 29.8 Å². The van der Waals surface area contributed by atoms with Crippen molar-refractivity contribution in [3.63, 3.8) is 0 Å². The van der Waals surface area contributed by atoms with Gasteiger partial charge in [0.2, 0.25) is 15.9 Å². The van der Waals surface area contributed by atoms with Gasteiger partial charge in [-0.3, -0.25) is 9.59 Å². The number of hydrogen-bond acceptors (Lipinski definition) is 5. The molecule has 1 aliphatic rings. The molecule has 0 bridgehead atoms. The number of sulfonamides is 1. The van der Waals surface area contributed by atoms with E-state index < -0.39 is 16.1 Å². The van der Waals surface area contributed by atoms with Gasteiger partial charge in [0.25, 0.3) is 0 Å². The highest BCUT2D eigenvalue weighted by molar-refractivity contribution is 7.89. The summed E-state index contributed by atoms with van der Waals surface area (Å²) in [5.41, 5.74) is 5.83. The summed E-state index contributed by atoms with van der Waals surface area (Å²) in [4.78, 5) is 23.7. The van der Waals surface area contributed by atoms with Crippen LogP contribution in [-0.2, 0) is 14.8 Å². The van der Waals surface area contributed by atoms with Gasteiger partial charge in [-0.15, -0.1) is 0 Å². The van der Waals surface area contributed by atoms with E-state index in [-0.39, 0.29) is 16.6 Å². The van der Waals surface area contributed by atoms with Crippen molar-refractivity contribution < 1.29 is 18.0 Å². The predicted molar refractivity (Wildman–Crippen MR) is 90.0 cm³/mol. The molecule has 24 heavy (non-hydrogen) atoms. The molecular formula is C16H23N3O4S. The zero-order chi connectivity index (χ0) is 17.7. The molecule has 1 aromatic rings. The number of Topliss-reactive ketones (excluding diaryl/α,β-unsaturated/α-hetero) is 1.